The van der Waals surface area contributed by atoms with Gasteiger partial charge in [-0.2, -0.15) is 18.3 Å². The van der Waals surface area contributed by atoms with Crippen molar-refractivity contribution >= 4 is 17.2 Å². The largest absolute Gasteiger partial charge is 0.417 e. The van der Waals surface area contributed by atoms with Gasteiger partial charge in [0.1, 0.15) is 0 Å². The zero-order valence-electron chi connectivity index (χ0n) is 18.5. The van der Waals surface area contributed by atoms with E-state index in [1.54, 1.807) is 31.0 Å². The molecule has 0 aliphatic heterocycles. The van der Waals surface area contributed by atoms with Crippen molar-refractivity contribution in [1.82, 2.24) is 29.4 Å². The van der Waals surface area contributed by atoms with E-state index in [1.165, 1.54) is 22.8 Å². The molecule has 0 radical (unpaired) electrons. The number of nitrogens with zero attached hydrogens (tertiary/aromatic N) is 6. The highest BCUT2D eigenvalue weighted by atomic mass is 19.3. The number of anilines is 1. The summed E-state index contributed by atoms with van der Waals surface area (Å²) in [6.07, 6.45) is 6.75. The van der Waals surface area contributed by atoms with Crippen LogP contribution in [0.15, 0.2) is 36.9 Å². The van der Waals surface area contributed by atoms with Gasteiger partial charge in [-0.05, 0) is 26.3 Å². The maximum atomic E-state index is 14.0. The summed E-state index contributed by atoms with van der Waals surface area (Å²) >= 11 is 0. The Kier molecular flexibility index (Phi) is 5.03. The molecule has 0 fully saturated rings. The third-order valence-electron chi connectivity index (χ3n) is 6.15. The number of nitrogens with one attached hydrogen (secondary N) is 1. The van der Waals surface area contributed by atoms with Crippen LogP contribution in [0.5, 0.6) is 5.88 Å². The van der Waals surface area contributed by atoms with Gasteiger partial charge in [-0.3, -0.25) is 9.48 Å². The Hall–Kier alpha value is -3.96. The summed E-state index contributed by atoms with van der Waals surface area (Å²) in [6.45, 7) is 0.512. The molecule has 9 nitrogen and oxygen atoms in total. The second kappa shape index (κ2) is 7.82. The number of fused-ring (bicyclic) bond motifs is 3. The van der Waals surface area contributed by atoms with Gasteiger partial charge in [-0.1, -0.05) is 0 Å². The second-order valence-corrected chi connectivity index (χ2v) is 8.50. The van der Waals surface area contributed by atoms with Crippen LogP contribution in [0.25, 0.3) is 5.65 Å². The van der Waals surface area contributed by atoms with Crippen LogP contribution in [0.4, 0.5) is 18.9 Å². The third kappa shape index (κ3) is 3.55. The quantitative estimate of drug-likeness (QED) is 0.479. The summed E-state index contributed by atoms with van der Waals surface area (Å²) in [5, 5.41) is 11.0. The summed E-state index contributed by atoms with van der Waals surface area (Å²) < 4.78 is 46.5. The fraction of sp³-hybridized carbons (Fsp3) is 0.318. The number of hydrogen-bond acceptors (Lipinski definition) is 6. The van der Waals surface area contributed by atoms with Crippen LogP contribution >= 0.6 is 0 Å². The van der Waals surface area contributed by atoms with E-state index in [-0.39, 0.29) is 11.8 Å². The van der Waals surface area contributed by atoms with Crippen molar-refractivity contribution < 1.29 is 22.7 Å². The van der Waals surface area contributed by atoms with Gasteiger partial charge in [0.15, 0.2) is 5.65 Å². The zero-order valence-corrected chi connectivity index (χ0v) is 18.5. The van der Waals surface area contributed by atoms with Gasteiger partial charge in [-0.25, -0.2) is 14.5 Å². The van der Waals surface area contributed by atoms with Gasteiger partial charge in [-0.15, -0.1) is 5.10 Å². The molecule has 4 heterocycles. The van der Waals surface area contributed by atoms with Crippen molar-refractivity contribution in [1.29, 1.82) is 0 Å². The number of aromatic nitrogens is 6. The van der Waals surface area contributed by atoms with Crippen molar-refractivity contribution in [3.05, 3.63) is 65.3 Å². The molecule has 5 rings (SSSR count). The predicted octanol–water partition coefficient (Wildman–Crippen LogP) is 3.34. The van der Waals surface area contributed by atoms with E-state index in [1.807, 2.05) is 13.1 Å². The average molecular weight is 471 g/mol. The minimum Gasteiger partial charge on any atom is -0.417 e. The molecule has 1 N–H and O–H groups in total. The highest BCUT2D eigenvalue weighted by Gasteiger charge is 2.47. The summed E-state index contributed by atoms with van der Waals surface area (Å²) in [7, 11) is 1.79. The molecule has 0 spiro atoms. The molecule has 4 aromatic heterocycles. The number of rotatable bonds is 5. The van der Waals surface area contributed by atoms with Gasteiger partial charge in [0.25, 0.3) is 0 Å². The molecule has 4 aromatic rings. The highest BCUT2D eigenvalue weighted by molar-refractivity contribution is 5.97. The summed E-state index contributed by atoms with van der Waals surface area (Å²) in [4.78, 5) is 21.5. The minimum atomic E-state index is -3.00. The van der Waals surface area contributed by atoms with Crippen molar-refractivity contribution in [2.45, 2.75) is 38.2 Å². The monoisotopic (exact) mass is 471 g/mol. The number of amides is 1. The normalized spacial score (nSPS) is 19.6. The Morgan fingerprint density at radius 1 is 1.26 bits per heavy atom. The zero-order chi connectivity index (χ0) is 24.2. The number of carbonyl (C=O) groups is 1. The molecular weight excluding hydrogens is 451 g/mol. The molecule has 12 heteroatoms. The number of carbonyl (C=O) groups excluding carboxylic acids is 1. The lowest BCUT2D eigenvalue weighted by molar-refractivity contribution is -0.117. The first kappa shape index (κ1) is 21.9. The molecule has 1 aliphatic rings. The van der Waals surface area contributed by atoms with Gasteiger partial charge in [0, 0.05) is 47.6 Å². The Bertz CT molecular complexity index is 1420. The van der Waals surface area contributed by atoms with E-state index < -0.39 is 23.9 Å². The van der Waals surface area contributed by atoms with Crippen molar-refractivity contribution in [2.75, 3.05) is 5.32 Å². The molecule has 1 aliphatic carbocycles. The summed E-state index contributed by atoms with van der Waals surface area (Å²) in [5.41, 5.74) is 2.43. The Morgan fingerprint density at radius 2 is 2.06 bits per heavy atom. The number of ether oxygens (including phenoxy) is 1. The number of pyridine rings is 1. The van der Waals surface area contributed by atoms with Crippen LogP contribution < -0.4 is 10.1 Å². The molecule has 0 saturated carbocycles. The Labute approximate surface area is 191 Å². The van der Waals surface area contributed by atoms with Gasteiger partial charge < -0.3 is 10.1 Å². The molecular formula is C22H20F3N7O2. The van der Waals surface area contributed by atoms with E-state index in [0.717, 1.165) is 5.56 Å². The second-order valence-electron chi connectivity index (χ2n) is 8.50. The van der Waals surface area contributed by atoms with E-state index in [2.05, 4.69) is 30.2 Å². The van der Waals surface area contributed by atoms with E-state index in [4.69, 9.17) is 0 Å². The first-order valence-electron chi connectivity index (χ1n) is 10.4. The SMILES string of the molecule is Cc1cc(NC(=O)[C@@H]2C[C@@](C)(c3cnn(C)c3)c3c2cnc2cc(F)nn32)cnc1OC(F)F. The van der Waals surface area contributed by atoms with Crippen molar-refractivity contribution in [2.24, 2.45) is 7.05 Å². The van der Waals surface area contributed by atoms with Crippen LogP contribution in [0.3, 0.4) is 0 Å². The third-order valence-corrected chi connectivity index (χ3v) is 6.15. The molecule has 34 heavy (non-hydrogen) atoms. The lowest BCUT2D eigenvalue weighted by Crippen LogP contribution is -2.25. The van der Waals surface area contributed by atoms with E-state index in [0.29, 0.717) is 34.6 Å². The Balaban J connectivity index is 1.53. The van der Waals surface area contributed by atoms with Crippen molar-refractivity contribution in [3.63, 3.8) is 0 Å². The first-order chi connectivity index (χ1) is 16.2. The van der Waals surface area contributed by atoms with Gasteiger partial charge in [0.05, 0.1) is 29.7 Å². The lowest BCUT2D eigenvalue weighted by Gasteiger charge is -2.24. The average Bonchev–Trinajstić information content (AvgIpc) is 3.45. The number of alkyl halides is 2. The molecule has 0 bridgehead atoms. The fourth-order valence-corrected chi connectivity index (χ4v) is 4.60. The molecule has 0 unspecified atom stereocenters. The minimum absolute atomic E-state index is 0.212. The maximum absolute atomic E-state index is 14.0. The number of halogens is 3. The van der Waals surface area contributed by atoms with Crippen LogP contribution in [-0.4, -0.2) is 41.9 Å². The summed E-state index contributed by atoms with van der Waals surface area (Å²) in [6, 6.07) is 2.73. The topological polar surface area (TPSA) is 99.2 Å². The van der Waals surface area contributed by atoms with Crippen molar-refractivity contribution in [3.8, 4) is 5.88 Å². The van der Waals surface area contributed by atoms with E-state index in [9.17, 15) is 18.0 Å². The highest BCUT2D eigenvalue weighted by Crippen LogP contribution is 2.49. The predicted molar refractivity (Wildman–Crippen MR) is 114 cm³/mol. The van der Waals surface area contributed by atoms with Gasteiger partial charge in [0.2, 0.25) is 17.7 Å². The first-order valence-corrected chi connectivity index (χ1v) is 10.4. The molecule has 176 valence electrons. The smallest absolute Gasteiger partial charge is 0.388 e. The van der Waals surface area contributed by atoms with Crippen LogP contribution in [-0.2, 0) is 17.3 Å². The van der Waals surface area contributed by atoms with Crippen LogP contribution in [0.1, 0.15) is 41.6 Å². The number of hydrogen-bond donors (Lipinski definition) is 1. The Morgan fingerprint density at radius 3 is 2.74 bits per heavy atom. The molecule has 0 saturated heterocycles. The van der Waals surface area contributed by atoms with Gasteiger partial charge >= 0.3 is 6.61 Å². The molecule has 2 atom stereocenters. The standard InChI is InChI=1S/C22H20F3N7O2/c1-11-4-13(8-27-20(11)34-21(24)25)29-19(33)14-6-22(2,12-7-28-31(3)10-12)18-15(14)9-26-17-5-16(23)30-32(17)18/h4-5,7-10,14,21H,6H2,1-3H3,(H,29,33)/t14-,22+/m1/s1. The van der Waals surface area contributed by atoms with E-state index >= 15 is 0 Å². The molecule has 0 aromatic carbocycles. The maximum Gasteiger partial charge on any atom is 0.388 e. The lowest BCUT2D eigenvalue weighted by atomic mass is 9.80. The summed E-state index contributed by atoms with van der Waals surface area (Å²) in [5.74, 6) is -1.86. The van der Waals surface area contributed by atoms with Crippen LogP contribution in [0, 0.1) is 12.9 Å². The number of aryl methyl sites for hydroxylation is 2. The molecule has 1 amide bonds. The van der Waals surface area contributed by atoms with Crippen LogP contribution in [0.2, 0.25) is 0 Å². The fourth-order valence-electron chi connectivity index (χ4n) is 4.60.